The summed E-state index contributed by atoms with van der Waals surface area (Å²) in [6.07, 6.45) is 3.00. The number of piperidine rings is 1. The molecule has 0 radical (unpaired) electrons. The molecule has 1 atom stereocenters. The van der Waals surface area contributed by atoms with Crippen LogP contribution in [-0.2, 0) is 9.53 Å². The predicted octanol–water partition coefficient (Wildman–Crippen LogP) is 2.58. The first kappa shape index (κ1) is 14.2. The molecule has 0 N–H and O–H groups in total. The number of esters is 1. The Morgan fingerprint density at radius 1 is 1.53 bits per heavy atom. The molecule has 19 heavy (non-hydrogen) atoms. The maximum absolute atomic E-state index is 12.0. The van der Waals surface area contributed by atoms with Gasteiger partial charge in [-0.05, 0) is 26.2 Å². The average molecular weight is 283 g/mol. The molecule has 106 valence electrons. The summed E-state index contributed by atoms with van der Waals surface area (Å²) >= 11 is 1.38. The molecule has 1 fully saturated rings. The lowest BCUT2D eigenvalue weighted by Gasteiger charge is -2.33. The zero-order valence-corrected chi connectivity index (χ0v) is 12.6. The van der Waals surface area contributed by atoms with E-state index in [1.807, 2.05) is 6.92 Å². The van der Waals surface area contributed by atoms with Crippen molar-refractivity contribution in [2.45, 2.75) is 52.0 Å². The van der Waals surface area contributed by atoms with Crippen LogP contribution in [0.5, 0.6) is 0 Å². The van der Waals surface area contributed by atoms with Crippen molar-refractivity contribution in [3.8, 4) is 0 Å². The summed E-state index contributed by atoms with van der Waals surface area (Å²) in [6, 6.07) is -0.193. The van der Waals surface area contributed by atoms with Crippen LogP contribution < -0.4 is 4.90 Å². The zero-order valence-electron chi connectivity index (χ0n) is 11.8. The third kappa shape index (κ3) is 3.23. The molecule has 1 aliphatic rings. The first-order valence-electron chi connectivity index (χ1n) is 6.90. The predicted molar refractivity (Wildman–Crippen MR) is 75.6 cm³/mol. The van der Waals surface area contributed by atoms with Gasteiger partial charge in [-0.25, -0.2) is 9.78 Å². The molecular formula is C13H21N3O2S. The molecule has 5 nitrogen and oxygen atoms in total. The third-order valence-corrected chi connectivity index (χ3v) is 4.02. The minimum absolute atomic E-state index is 0.136. The van der Waals surface area contributed by atoms with Crippen molar-refractivity contribution in [2.75, 3.05) is 18.1 Å². The second-order valence-corrected chi connectivity index (χ2v) is 5.78. The summed E-state index contributed by atoms with van der Waals surface area (Å²) in [7, 11) is 0. The first-order chi connectivity index (χ1) is 9.13. The monoisotopic (exact) mass is 283 g/mol. The highest BCUT2D eigenvalue weighted by Crippen LogP contribution is 2.28. The lowest BCUT2D eigenvalue weighted by Crippen LogP contribution is -2.45. The number of rotatable bonds is 4. The van der Waals surface area contributed by atoms with Crippen LogP contribution in [0.4, 0.5) is 5.13 Å². The minimum Gasteiger partial charge on any atom is -0.464 e. The molecule has 2 rings (SSSR count). The second kappa shape index (κ2) is 6.32. The van der Waals surface area contributed by atoms with Gasteiger partial charge in [0.15, 0.2) is 0 Å². The lowest BCUT2D eigenvalue weighted by molar-refractivity contribution is -0.145. The number of carbonyl (C=O) groups excluding carboxylic acids is 1. The van der Waals surface area contributed by atoms with Crippen LogP contribution in [0.15, 0.2) is 0 Å². The number of carbonyl (C=O) groups is 1. The van der Waals surface area contributed by atoms with E-state index in [1.54, 1.807) is 0 Å². The summed E-state index contributed by atoms with van der Waals surface area (Å²) in [4.78, 5) is 18.6. The van der Waals surface area contributed by atoms with Gasteiger partial charge in [-0.15, -0.1) is 0 Å². The van der Waals surface area contributed by atoms with Crippen LogP contribution in [0.1, 0.15) is 51.8 Å². The largest absolute Gasteiger partial charge is 0.464 e. The SMILES string of the molecule is CCOC(=O)C1CCCCN1c1nc(C(C)C)ns1. The Bertz CT molecular complexity index is 433. The zero-order chi connectivity index (χ0) is 13.8. The molecule has 1 aliphatic heterocycles. The fourth-order valence-corrected chi connectivity index (χ4v) is 3.11. The molecule has 1 unspecified atom stereocenters. The highest BCUT2D eigenvalue weighted by atomic mass is 32.1. The third-order valence-electron chi connectivity index (χ3n) is 3.25. The van der Waals surface area contributed by atoms with E-state index in [1.165, 1.54) is 11.5 Å². The topological polar surface area (TPSA) is 55.3 Å². The number of hydrogen-bond donors (Lipinski definition) is 0. The van der Waals surface area contributed by atoms with Crippen LogP contribution in [0.3, 0.4) is 0 Å². The van der Waals surface area contributed by atoms with E-state index >= 15 is 0 Å². The van der Waals surface area contributed by atoms with E-state index in [4.69, 9.17) is 4.74 Å². The van der Waals surface area contributed by atoms with Gasteiger partial charge in [-0.3, -0.25) is 0 Å². The fourth-order valence-electron chi connectivity index (χ4n) is 2.22. The van der Waals surface area contributed by atoms with Crippen LogP contribution in [0.2, 0.25) is 0 Å². The Morgan fingerprint density at radius 3 is 2.95 bits per heavy atom. The summed E-state index contributed by atoms with van der Waals surface area (Å²) in [5.74, 6) is 1.03. The van der Waals surface area contributed by atoms with Gasteiger partial charge >= 0.3 is 5.97 Å². The summed E-state index contributed by atoms with van der Waals surface area (Å²) in [5.41, 5.74) is 0. The number of anilines is 1. The molecule has 0 aromatic carbocycles. The van der Waals surface area contributed by atoms with Gasteiger partial charge < -0.3 is 9.64 Å². The molecule has 0 amide bonds. The summed E-state index contributed by atoms with van der Waals surface area (Å²) in [5, 5.41) is 0.849. The second-order valence-electron chi connectivity index (χ2n) is 5.05. The minimum atomic E-state index is -0.193. The Labute approximate surface area is 118 Å². The van der Waals surface area contributed by atoms with Crippen LogP contribution in [0.25, 0.3) is 0 Å². The maximum Gasteiger partial charge on any atom is 0.328 e. The number of ether oxygens (including phenoxy) is 1. The number of nitrogens with zero attached hydrogens (tertiary/aromatic N) is 3. The van der Waals surface area contributed by atoms with Gasteiger partial charge in [-0.2, -0.15) is 4.37 Å². The summed E-state index contributed by atoms with van der Waals surface area (Å²) < 4.78 is 9.53. The Hall–Kier alpha value is -1.17. The van der Waals surface area contributed by atoms with Crippen molar-refractivity contribution in [1.82, 2.24) is 9.36 Å². The van der Waals surface area contributed by atoms with Crippen molar-refractivity contribution in [2.24, 2.45) is 0 Å². The number of aromatic nitrogens is 2. The van der Waals surface area contributed by atoms with Crippen LogP contribution >= 0.6 is 11.5 Å². The maximum atomic E-state index is 12.0. The van der Waals surface area contributed by atoms with E-state index in [2.05, 4.69) is 28.1 Å². The standard InChI is InChI=1S/C13H21N3O2S/c1-4-18-12(17)10-7-5-6-8-16(10)13-14-11(9(2)3)15-19-13/h9-10H,4-8H2,1-3H3. The van der Waals surface area contributed by atoms with Gasteiger partial charge in [0.05, 0.1) is 6.61 Å². The molecule has 1 aromatic rings. The smallest absolute Gasteiger partial charge is 0.328 e. The molecule has 6 heteroatoms. The van der Waals surface area contributed by atoms with Crippen molar-refractivity contribution in [3.63, 3.8) is 0 Å². The molecule has 0 aliphatic carbocycles. The van der Waals surface area contributed by atoms with Crippen LogP contribution in [0, 0.1) is 0 Å². The van der Waals surface area contributed by atoms with Crippen molar-refractivity contribution in [3.05, 3.63) is 5.82 Å². The van der Waals surface area contributed by atoms with Gasteiger partial charge in [0.2, 0.25) is 5.13 Å². The Kier molecular flexibility index (Phi) is 4.74. The van der Waals surface area contributed by atoms with E-state index in [0.717, 1.165) is 36.8 Å². The number of hydrogen-bond acceptors (Lipinski definition) is 6. The van der Waals surface area contributed by atoms with Crippen molar-refractivity contribution in [1.29, 1.82) is 0 Å². The Balaban J connectivity index is 2.16. The van der Waals surface area contributed by atoms with E-state index in [-0.39, 0.29) is 12.0 Å². The van der Waals surface area contributed by atoms with Gasteiger partial charge in [-0.1, -0.05) is 13.8 Å². The van der Waals surface area contributed by atoms with E-state index < -0.39 is 0 Å². The highest BCUT2D eigenvalue weighted by molar-refractivity contribution is 7.09. The van der Waals surface area contributed by atoms with Gasteiger partial charge in [0, 0.05) is 24.0 Å². The average Bonchev–Trinajstić information content (AvgIpc) is 2.88. The highest BCUT2D eigenvalue weighted by Gasteiger charge is 2.32. The molecule has 1 saturated heterocycles. The van der Waals surface area contributed by atoms with Gasteiger partial charge in [0.25, 0.3) is 0 Å². The van der Waals surface area contributed by atoms with E-state index in [0.29, 0.717) is 12.5 Å². The Morgan fingerprint density at radius 2 is 2.32 bits per heavy atom. The molecule has 0 saturated carbocycles. The van der Waals surface area contributed by atoms with Gasteiger partial charge in [0.1, 0.15) is 11.9 Å². The molecule has 0 spiro atoms. The molecular weight excluding hydrogens is 262 g/mol. The van der Waals surface area contributed by atoms with Crippen molar-refractivity contribution >= 4 is 22.6 Å². The molecule has 0 bridgehead atoms. The van der Waals surface area contributed by atoms with Crippen molar-refractivity contribution < 1.29 is 9.53 Å². The summed E-state index contributed by atoms with van der Waals surface area (Å²) in [6.45, 7) is 7.27. The first-order valence-corrected chi connectivity index (χ1v) is 7.67. The van der Waals surface area contributed by atoms with E-state index in [9.17, 15) is 4.79 Å². The lowest BCUT2D eigenvalue weighted by atomic mass is 10.0. The fraction of sp³-hybridized carbons (Fsp3) is 0.769. The molecule has 1 aromatic heterocycles. The quantitative estimate of drug-likeness (QED) is 0.795. The van der Waals surface area contributed by atoms with Crippen LogP contribution in [-0.4, -0.2) is 34.5 Å². The normalized spacial score (nSPS) is 19.8. The molecule has 2 heterocycles.